The van der Waals surface area contributed by atoms with E-state index in [0.717, 1.165) is 56.0 Å². The number of ether oxygens (including phenoxy) is 4. The van der Waals surface area contributed by atoms with Crippen molar-refractivity contribution >= 4 is 25.2 Å². The van der Waals surface area contributed by atoms with Crippen LogP contribution in [0.4, 0.5) is 0 Å². The molecule has 5 aliphatic heterocycles. The van der Waals surface area contributed by atoms with Gasteiger partial charge in [-0.05, 0) is 81.4 Å². The molecule has 0 unspecified atom stereocenters. The molecule has 8 nitrogen and oxygen atoms in total. The van der Waals surface area contributed by atoms with E-state index >= 15 is 0 Å². The molecule has 5 fully saturated rings. The number of hydrogen-bond donors (Lipinski definition) is 0. The van der Waals surface area contributed by atoms with Gasteiger partial charge in [0, 0.05) is 29.5 Å². The normalized spacial score (nSPS) is 37.6. The number of fused-ring (bicyclic) bond motifs is 4. The summed E-state index contributed by atoms with van der Waals surface area (Å²) in [6.45, 7) is 46.9. The summed E-state index contributed by atoms with van der Waals surface area (Å²) in [7, 11) is -6.61. The topological polar surface area (TPSA) is 73.8 Å². The Morgan fingerprint density at radius 2 is 1.52 bits per heavy atom. The summed E-state index contributed by atoms with van der Waals surface area (Å²) in [4.78, 5) is 0. The maximum Gasteiger partial charge on any atom is 0.349 e. The van der Waals surface area contributed by atoms with Gasteiger partial charge in [-0.3, -0.25) is 0 Å². The summed E-state index contributed by atoms with van der Waals surface area (Å²) in [5, 5.41) is -0.0257. The van der Waals surface area contributed by atoms with Crippen LogP contribution < -0.4 is 0 Å². The molecule has 0 aliphatic carbocycles. The lowest BCUT2D eigenvalue weighted by Gasteiger charge is -2.64. The van der Waals surface area contributed by atoms with Gasteiger partial charge in [0.1, 0.15) is 23.9 Å². The fraction of sp³-hybridized carbons (Fsp3) is 0.911. The number of rotatable bonds is 11. The average molecular weight is 837 g/mol. The van der Waals surface area contributed by atoms with Crippen molar-refractivity contribution in [1.29, 1.82) is 0 Å². The second-order valence-corrected chi connectivity index (χ2v) is 36.7. The van der Waals surface area contributed by atoms with Crippen molar-refractivity contribution in [2.45, 2.75) is 243 Å². The van der Waals surface area contributed by atoms with Crippen LogP contribution in [-0.4, -0.2) is 98.4 Å². The summed E-state index contributed by atoms with van der Waals surface area (Å²) in [5.41, 5.74) is 1.17. The molecule has 0 spiro atoms. The van der Waals surface area contributed by atoms with Gasteiger partial charge in [-0.25, -0.2) is 0 Å². The Bertz CT molecular complexity index is 1400. The Morgan fingerprint density at radius 3 is 2.07 bits per heavy atom. The van der Waals surface area contributed by atoms with Crippen molar-refractivity contribution in [2.24, 2.45) is 5.92 Å². The highest BCUT2D eigenvalue weighted by atomic mass is 28.4. The molecule has 0 bridgehead atoms. The summed E-state index contributed by atoms with van der Waals surface area (Å²) in [6, 6.07) is 3.15. The van der Waals surface area contributed by atoms with Gasteiger partial charge in [-0.1, -0.05) is 108 Å². The lowest BCUT2D eigenvalue weighted by atomic mass is 9.73. The zero-order chi connectivity index (χ0) is 42.1. The SMILES string of the molecule is C=C1C[C@@H]2O[C@H]3[C@H](C[C@@]2(C)O[C@H]1C/C(C)=C\[C@@H](C)CO[Si](C)(C)C(C)(C)C)O[C@@H]1C[C@@H]2O[Si](C(C)(C)C)(C(C)(C)C)OC[C@H]2O[C@@]1(C)[C@@H]3O[Si](CC)(CC)CC. The summed E-state index contributed by atoms with van der Waals surface area (Å²) >= 11 is 0. The third-order valence-corrected chi connectivity index (χ3v) is 29.3. The molecule has 0 N–H and O–H groups in total. The first-order valence-electron chi connectivity index (χ1n) is 22.2. The molecule has 56 heavy (non-hydrogen) atoms. The Kier molecular flexibility index (Phi) is 13.6. The molecule has 0 aromatic rings. The van der Waals surface area contributed by atoms with Gasteiger partial charge in [0.25, 0.3) is 0 Å². The van der Waals surface area contributed by atoms with Crippen molar-refractivity contribution in [2.75, 3.05) is 13.2 Å². The predicted molar refractivity (Wildman–Crippen MR) is 236 cm³/mol. The third kappa shape index (κ3) is 8.77. The van der Waals surface area contributed by atoms with Gasteiger partial charge < -0.3 is 36.7 Å². The molecule has 5 heterocycles. The van der Waals surface area contributed by atoms with Gasteiger partial charge in [0.05, 0.1) is 42.7 Å². The highest BCUT2D eigenvalue weighted by Gasteiger charge is 2.68. The van der Waals surface area contributed by atoms with E-state index in [2.05, 4.69) is 137 Å². The maximum atomic E-state index is 7.56. The maximum absolute atomic E-state index is 7.56. The molecule has 11 heteroatoms. The lowest BCUT2D eigenvalue weighted by molar-refractivity contribution is -0.364. The van der Waals surface area contributed by atoms with E-state index in [0.29, 0.717) is 12.5 Å². The molecular weight excluding hydrogens is 753 g/mol. The summed E-state index contributed by atoms with van der Waals surface area (Å²) in [5.74, 6) is 0.326. The first kappa shape index (κ1) is 46.9. The molecule has 324 valence electrons. The molecule has 11 atom stereocenters. The van der Waals surface area contributed by atoms with Gasteiger partial charge in [-0.15, -0.1) is 0 Å². The molecular formula is C45H84O8Si3. The molecule has 0 aromatic heterocycles. The van der Waals surface area contributed by atoms with Crippen LogP contribution in [0.1, 0.15) is 136 Å². The van der Waals surface area contributed by atoms with Crippen molar-refractivity contribution in [1.82, 2.24) is 0 Å². The predicted octanol–water partition coefficient (Wildman–Crippen LogP) is 11.4. The van der Waals surface area contributed by atoms with Crippen LogP contribution in [0.2, 0.25) is 46.3 Å². The fourth-order valence-corrected chi connectivity index (χ4v) is 19.4. The second kappa shape index (κ2) is 16.3. The van der Waals surface area contributed by atoms with Crippen molar-refractivity contribution < 1.29 is 36.7 Å². The zero-order valence-electron chi connectivity index (χ0n) is 39.1. The minimum atomic E-state index is -2.70. The van der Waals surface area contributed by atoms with Gasteiger partial charge in [-0.2, -0.15) is 0 Å². The monoisotopic (exact) mass is 837 g/mol. The van der Waals surface area contributed by atoms with Crippen LogP contribution in [-0.2, 0) is 36.7 Å². The van der Waals surface area contributed by atoms with E-state index in [9.17, 15) is 0 Å². The van der Waals surface area contributed by atoms with Gasteiger partial charge in [0.15, 0.2) is 16.6 Å². The summed E-state index contributed by atoms with van der Waals surface area (Å²) < 4.78 is 57.3. The Hall–Kier alpha value is -0.189. The van der Waals surface area contributed by atoms with E-state index < -0.39 is 36.4 Å². The minimum absolute atomic E-state index is 0.0790. The van der Waals surface area contributed by atoms with Crippen LogP contribution in [0.5, 0.6) is 0 Å². The van der Waals surface area contributed by atoms with Crippen molar-refractivity contribution in [3.8, 4) is 0 Å². The quantitative estimate of drug-likeness (QED) is 0.150. The van der Waals surface area contributed by atoms with E-state index in [4.69, 9.17) is 36.7 Å². The van der Waals surface area contributed by atoms with Crippen molar-refractivity contribution in [3.05, 3.63) is 23.8 Å². The zero-order valence-corrected chi connectivity index (χ0v) is 42.1. The largest absolute Gasteiger partial charge is 0.416 e. The molecule has 5 saturated heterocycles. The van der Waals surface area contributed by atoms with Crippen LogP contribution in [0.15, 0.2) is 23.8 Å². The van der Waals surface area contributed by atoms with Crippen LogP contribution in [0.3, 0.4) is 0 Å². The molecule has 0 saturated carbocycles. The standard InChI is InChI=1S/C45H84O8Si3/c1-20-55(21-2,22-3)53-40-39-35(48-38-26-34-36(51-45(38,40)17)29-47-56(52-34,42(10,11)12)43(13,14)15)27-44(16)37(49-39)25-32(6)33(50-44)24-30(4)23-31(5)28-46-54(18,19)41(7,8)9/h23,31,33-40H,6,20-22,24-29H2,1-5,7-19H3/b30-23-/t31-,33+,34+,35+,36-,37+,38-,39+,40-,44-,45-/m1/s1. The van der Waals surface area contributed by atoms with E-state index in [1.807, 2.05) is 0 Å². The fourth-order valence-electron chi connectivity index (χ4n) is 10.4. The highest BCUT2D eigenvalue weighted by Crippen LogP contribution is 2.57. The lowest BCUT2D eigenvalue weighted by Crippen LogP contribution is -2.77. The van der Waals surface area contributed by atoms with Gasteiger partial charge in [0.2, 0.25) is 0 Å². The Labute approximate surface area is 346 Å². The average Bonchev–Trinajstić information content (AvgIpc) is 3.07. The smallest absolute Gasteiger partial charge is 0.349 e. The second-order valence-electron chi connectivity index (χ2n) is 22.4. The molecule has 0 amide bonds. The molecule has 0 aromatic carbocycles. The highest BCUT2D eigenvalue weighted by molar-refractivity contribution is 6.74. The first-order chi connectivity index (χ1) is 25.6. The van der Waals surface area contributed by atoms with E-state index in [1.165, 1.54) is 5.57 Å². The van der Waals surface area contributed by atoms with Crippen LogP contribution in [0.25, 0.3) is 0 Å². The van der Waals surface area contributed by atoms with Crippen molar-refractivity contribution in [3.63, 3.8) is 0 Å². The number of hydrogen-bond acceptors (Lipinski definition) is 8. The molecule has 5 rings (SSSR count). The molecule has 0 radical (unpaired) electrons. The Morgan fingerprint density at radius 1 is 0.911 bits per heavy atom. The first-order valence-corrected chi connectivity index (χ1v) is 29.5. The van der Waals surface area contributed by atoms with Gasteiger partial charge >= 0.3 is 8.56 Å². The summed E-state index contributed by atoms with van der Waals surface area (Å²) in [6.07, 6.45) is 3.94. The van der Waals surface area contributed by atoms with E-state index in [-0.39, 0.29) is 63.9 Å². The van der Waals surface area contributed by atoms with Crippen LogP contribution in [0, 0.1) is 5.92 Å². The third-order valence-electron chi connectivity index (χ3n) is 15.0. The van der Waals surface area contributed by atoms with Crippen LogP contribution >= 0.6 is 0 Å². The molecule has 5 aliphatic rings. The Balaban J connectivity index is 1.39. The van der Waals surface area contributed by atoms with E-state index in [1.54, 1.807) is 0 Å². The minimum Gasteiger partial charge on any atom is -0.416 e.